The van der Waals surface area contributed by atoms with E-state index in [1.807, 2.05) is 0 Å². The number of rotatable bonds is 8. The highest BCUT2D eigenvalue weighted by molar-refractivity contribution is 6.31. The number of ether oxygens (including phenoxy) is 2. The first-order chi connectivity index (χ1) is 29.5. The van der Waals surface area contributed by atoms with E-state index in [0.29, 0.717) is 51.3 Å². The van der Waals surface area contributed by atoms with Crippen LogP contribution in [-0.2, 0) is 22.6 Å². The number of likely N-dealkylation sites (N-methyl/N-ethyl adjacent to an activating group) is 2. The summed E-state index contributed by atoms with van der Waals surface area (Å²) in [6, 6.07) is 2.21. The van der Waals surface area contributed by atoms with Gasteiger partial charge in [0.15, 0.2) is 35.3 Å². The molecule has 4 aliphatic heterocycles. The summed E-state index contributed by atoms with van der Waals surface area (Å²) in [4.78, 5) is 78.8. The number of hydrogen-bond acceptors (Lipinski definition) is 10. The highest BCUT2D eigenvalue weighted by Gasteiger charge is 2.46. The largest absolute Gasteiger partial charge is 0.503 e. The normalized spacial score (nSPS) is 19.9. The molecule has 4 amide bonds. The molecule has 0 aliphatic carbocycles. The average Bonchev–Trinajstić information content (AvgIpc) is 3.93. The number of amides is 4. The van der Waals surface area contributed by atoms with Gasteiger partial charge in [-0.05, 0) is 32.8 Å². The van der Waals surface area contributed by atoms with E-state index in [0.717, 1.165) is 18.3 Å². The van der Waals surface area contributed by atoms with E-state index >= 15 is 0 Å². The van der Waals surface area contributed by atoms with Crippen LogP contribution in [0.1, 0.15) is 91.6 Å². The fourth-order valence-electron chi connectivity index (χ4n) is 7.91. The van der Waals surface area contributed by atoms with Crippen LogP contribution in [0.25, 0.3) is 0 Å². The topological polar surface area (TPSA) is 202 Å². The molecule has 0 bridgehead atoms. The Morgan fingerprint density at radius 3 is 1.63 bits per heavy atom. The predicted octanol–water partition coefficient (Wildman–Crippen LogP) is 3.84. The first-order valence-electron chi connectivity index (χ1n) is 19.1. The molecule has 4 aliphatic rings. The van der Waals surface area contributed by atoms with Gasteiger partial charge in [-0.3, -0.25) is 28.8 Å². The van der Waals surface area contributed by atoms with Gasteiger partial charge in [-0.2, -0.15) is 0 Å². The maximum absolute atomic E-state index is 14.1. The Hall–Kier alpha value is -6.32. The van der Waals surface area contributed by atoms with Crippen LogP contribution in [0.3, 0.4) is 0 Å². The van der Waals surface area contributed by atoms with Crippen molar-refractivity contribution in [1.29, 1.82) is 0 Å². The second-order valence-corrected chi connectivity index (χ2v) is 14.8. The Kier molecular flexibility index (Phi) is 12.1. The molecule has 62 heavy (non-hydrogen) atoms. The monoisotopic (exact) mass is 890 g/mol. The molecule has 2 aromatic heterocycles. The molecule has 6 heterocycles. The van der Waals surface area contributed by atoms with Gasteiger partial charge in [0.25, 0.3) is 23.6 Å². The van der Waals surface area contributed by atoms with Gasteiger partial charge in [0.2, 0.25) is 10.9 Å². The van der Waals surface area contributed by atoms with Crippen LogP contribution in [0.15, 0.2) is 46.2 Å². The van der Waals surface area contributed by atoms with E-state index in [1.54, 1.807) is 13.8 Å². The third kappa shape index (κ3) is 7.53. The van der Waals surface area contributed by atoms with E-state index in [1.165, 1.54) is 25.1 Å². The highest BCUT2D eigenvalue weighted by atomic mass is 35.5. The molecule has 16 nitrogen and oxygen atoms in total. The quantitative estimate of drug-likeness (QED) is 0.149. The zero-order valence-electron chi connectivity index (χ0n) is 32.6. The maximum atomic E-state index is 14.1. The molecule has 2 aromatic carbocycles. The summed E-state index contributed by atoms with van der Waals surface area (Å²) in [5.74, 6) is -10.3. The smallest absolute Gasteiger partial charge is 0.276 e. The van der Waals surface area contributed by atoms with Gasteiger partial charge in [-0.25, -0.2) is 22.0 Å². The number of hydrogen-bond donors (Lipinski definition) is 4. The SMILES string of the molecule is CCN1C(=O)c2c(O)c(=O)c(C(=O)NCc3c(F)cc(F)cc3F)cn2[C@@H]2CCO[C@@H]21.CCN1C(=O)c2c(O)c(=O)c(C(=O)NCc3ccc(F)c(Cl)c3F)cn2[C@@H]2CCO[C@@H]21. The summed E-state index contributed by atoms with van der Waals surface area (Å²) >= 11 is 5.53. The maximum Gasteiger partial charge on any atom is 0.276 e. The van der Waals surface area contributed by atoms with Crippen LogP contribution in [0, 0.1) is 29.1 Å². The first kappa shape index (κ1) is 43.8. The number of aromatic hydroxyl groups is 2. The zero-order valence-corrected chi connectivity index (χ0v) is 33.4. The summed E-state index contributed by atoms with van der Waals surface area (Å²) in [5, 5.41) is 24.7. The lowest BCUT2D eigenvalue weighted by atomic mass is 10.1. The molecule has 328 valence electrons. The van der Waals surface area contributed by atoms with Crippen LogP contribution in [0.4, 0.5) is 22.0 Å². The lowest BCUT2D eigenvalue weighted by Crippen LogP contribution is -2.50. The predicted molar refractivity (Wildman–Crippen MR) is 205 cm³/mol. The molecule has 8 rings (SSSR count). The minimum Gasteiger partial charge on any atom is -0.503 e. The Labute approximate surface area is 352 Å². The van der Waals surface area contributed by atoms with E-state index in [4.69, 9.17) is 21.1 Å². The summed E-state index contributed by atoms with van der Waals surface area (Å²) < 4.78 is 82.0. The minimum absolute atomic E-state index is 0.0833. The molecule has 4 atom stereocenters. The minimum atomic E-state index is -1.20. The fraction of sp³-hybridized carbons (Fsp3) is 0.350. The third-order valence-electron chi connectivity index (χ3n) is 11.0. The van der Waals surface area contributed by atoms with E-state index in [9.17, 15) is 60.9 Å². The molecular weight excluding hydrogens is 855 g/mol. The van der Waals surface area contributed by atoms with E-state index in [-0.39, 0.29) is 29.5 Å². The Morgan fingerprint density at radius 2 is 1.18 bits per heavy atom. The molecule has 0 radical (unpaired) electrons. The van der Waals surface area contributed by atoms with Gasteiger partial charge in [0.1, 0.15) is 45.2 Å². The number of pyridine rings is 2. The first-order valence-corrected chi connectivity index (χ1v) is 19.5. The van der Waals surface area contributed by atoms with Crippen LogP contribution >= 0.6 is 11.6 Å². The second kappa shape index (κ2) is 17.2. The number of nitrogens with one attached hydrogen (secondary N) is 2. The molecule has 0 saturated carbocycles. The van der Waals surface area contributed by atoms with Crippen LogP contribution < -0.4 is 21.5 Å². The van der Waals surface area contributed by atoms with Gasteiger partial charge >= 0.3 is 0 Å². The Bertz CT molecular complexity index is 2640. The van der Waals surface area contributed by atoms with Crippen molar-refractivity contribution < 1.29 is 60.8 Å². The van der Waals surface area contributed by atoms with Crippen molar-refractivity contribution in [1.82, 2.24) is 29.6 Å². The lowest BCUT2D eigenvalue weighted by Gasteiger charge is -2.38. The van der Waals surface area contributed by atoms with Crippen LogP contribution in [0.2, 0.25) is 5.02 Å². The van der Waals surface area contributed by atoms with Gasteiger partial charge in [0, 0.05) is 61.8 Å². The molecule has 0 unspecified atom stereocenters. The highest BCUT2D eigenvalue weighted by Crippen LogP contribution is 2.38. The summed E-state index contributed by atoms with van der Waals surface area (Å²) in [7, 11) is 0. The van der Waals surface area contributed by atoms with Crippen molar-refractivity contribution in [3.05, 3.63) is 125 Å². The summed E-state index contributed by atoms with van der Waals surface area (Å²) in [6.45, 7) is 3.79. The summed E-state index contributed by atoms with van der Waals surface area (Å²) in [5.41, 5.74) is -4.16. The van der Waals surface area contributed by atoms with E-state index in [2.05, 4.69) is 10.6 Å². The van der Waals surface area contributed by atoms with Crippen molar-refractivity contribution in [2.45, 2.75) is 64.3 Å². The van der Waals surface area contributed by atoms with Crippen molar-refractivity contribution in [2.24, 2.45) is 0 Å². The number of halogens is 6. The Balaban J connectivity index is 0.000000186. The molecule has 22 heteroatoms. The molecule has 0 spiro atoms. The van der Waals surface area contributed by atoms with Crippen LogP contribution in [0.5, 0.6) is 11.5 Å². The molecule has 4 aromatic rings. The summed E-state index contributed by atoms with van der Waals surface area (Å²) in [6.07, 6.45) is 2.17. The fourth-order valence-corrected chi connectivity index (χ4v) is 8.10. The zero-order chi connectivity index (χ0) is 44.9. The van der Waals surface area contributed by atoms with Crippen molar-refractivity contribution in [3.8, 4) is 11.5 Å². The number of carbonyl (C=O) groups excluding carboxylic acids is 4. The number of fused-ring (bicyclic) bond motifs is 6. The number of carbonyl (C=O) groups is 4. The van der Waals surface area contributed by atoms with Gasteiger partial charge in [-0.1, -0.05) is 17.7 Å². The lowest BCUT2D eigenvalue weighted by molar-refractivity contribution is -0.0333. The molecule has 2 saturated heterocycles. The van der Waals surface area contributed by atoms with Gasteiger partial charge in [-0.15, -0.1) is 0 Å². The molecular formula is C40H36ClF5N6O10. The third-order valence-corrected chi connectivity index (χ3v) is 11.3. The van der Waals surface area contributed by atoms with Gasteiger partial charge in [0.05, 0.1) is 25.3 Å². The van der Waals surface area contributed by atoms with Gasteiger partial charge < -0.3 is 49.3 Å². The van der Waals surface area contributed by atoms with E-state index < -0.39 is 122 Å². The van der Waals surface area contributed by atoms with Crippen LogP contribution in [-0.4, -0.2) is 91.5 Å². The second-order valence-electron chi connectivity index (χ2n) is 14.4. The molecule has 2 fully saturated rings. The number of nitrogens with zero attached hydrogens (tertiary/aromatic N) is 4. The number of benzene rings is 2. The number of aromatic nitrogens is 2. The molecule has 4 N–H and O–H groups in total. The standard InChI is InChI=1S/C20H18ClF2N3O5.C20H18F3N3O5/c1-2-25-19(30)15-17(28)16(27)10(8-26(15)12-5-6-31-20(12)25)18(29)24-7-9-3-4-11(22)13(21)14(9)23;1-2-25-19(30)15-17(28)16(27)11(8-26(15)14-3-4-31-20(14)25)18(29)24-7-10-12(22)5-9(21)6-13(10)23/h3-4,8,12,20,28H,2,5-7H2,1H3,(H,24,29);5-6,8,14,20,28H,2-4,7H2,1H3,(H,24,29)/t12-,20+;14-,20+/m11/s1. The van der Waals surface area contributed by atoms with Crippen molar-refractivity contribution in [2.75, 3.05) is 26.3 Å². The van der Waals surface area contributed by atoms with Crippen molar-refractivity contribution in [3.63, 3.8) is 0 Å². The average molecular weight is 891 g/mol. The Morgan fingerprint density at radius 1 is 0.726 bits per heavy atom. The van der Waals surface area contributed by atoms with Crippen molar-refractivity contribution >= 4 is 35.2 Å².